The Balaban J connectivity index is 2.62. The molecule has 0 aromatic heterocycles. The molecule has 0 aliphatic heterocycles. The van der Waals surface area contributed by atoms with Gasteiger partial charge in [0.25, 0.3) is 5.91 Å². The molecule has 1 unspecified atom stereocenters. The van der Waals surface area contributed by atoms with Crippen molar-refractivity contribution in [2.45, 2.75) is 32.7 Å². The second-order valence-electron chi connectivity index (χ2n) is 4.31. The monoisotopic (exact) mass is 251 g/mol. The van der Waals surface area contributed by atoms with Gasteiger partial charge < -0.3 is 15.5 Å². The van der Waals surface area contributed by atoms with Gasteiger partial charge >= 0.3 is 5.97 Å². The van der Waals surface area contributed by atoms with Gasteiger partial charge in [-0.15, -0.1) is 0 Å². The molecule has 1 aromatic rings. The van der Waals surface area contributed by atoms with Crippen molar-refractivity contribution < 1.29 is 19.8 Å². The fraction of sp³-hybridized carbons (Fsp3) is 0.385. The van der Waals surface area contributed by atoms with Crippen LogP contribution in [-0.2, 0) is 4.79 Å². The molecule has 5 nitrogen and oxygen atoms in total. The summed E-state index contributed by atoms with van der Waals surface area (Å²) >= 11 is 0. The lowest BCUT2D eigenvalue weighted by Gasteiger charge is -2.14. The van der Waals surface area contributed by atoms with Crippen LogP contribution in [0, 0.1) is 6.92 Å². The number of carboxylic acids is 1. The van der Waals surface area contributed by atoms with E-state index in [-0.39, 0.29) is 24.1 Å². The number of hydrogen-bond acceptors (Lipinski definition) is 3. The van der Waals surface area contributed by atoms with Crippen molar-refractivity contribution >= 4 is 11.9 Å². The van der Waals surface area contributed by atoms with Gasteiger partial charge in [-0.25, -0.2) is 0 Å². The lowest BCUT2D eigenvalue weighted by atomic mass is 10.1. The van der Waals surface area contributed by atoms with Crippen LogP contribution in [0.5, 0.6) is 5.75 Å². The lowest BCUT2D eigenvalue weighted by Crippen LogP contribution is -2.33. The summed E-state index contributed by atoms with van der Waals surface area (Å²) in [7, 11) is 0. The van der Waals surface area contributed by atoms with Gasteiger partial charge in [0.2, 0.25) is 0 Å². The van der Waals surface area contributed by atoms with Crippen molar-refractivity contribution in [1.82, 2.24) is 5.32 Å². The van der Waals surface area contributed by atoms with Crippen LogP contribution in [0.3, 0.4) is 0 Å². The number of aryl methyl sites for hydroxylation is 1. The van der Waals surface area contributed by atoms with Crippen molar-refractivity contribution in [2.75, 3.05) is 0 Å². The quantitative estimate of drug-likeness (QED) is 0.743. The third-order valence-electron chi connectivity index (χ3n) is 2.62. The molecule has 5 heteroatoms. The average molecular weight is 251 g/mol. The van der Waals surface area contributed by atoms with E-state index in [1.165, 1.54) is 12.1 Å². The van der Waals surface area contributed by atoms with Gasteiger partial charge in [-0.3, -0.25) is 9.59 Å². The molecule has 0 saturated heterocycles. The Morgan fingerprint density at radius 3 is 2.61 bits per heavy atom. The Hall–Kier alpha value is -2.04. The molecule has 0 aliphatic carbocycles. The minimum absolute atomic E-state index is 0.0238. The number of phenolic OH excluding ortho intramolecular Hbond substituents is 1. The van der Waals surface area contributed by atoms with E-state index in [2.05, 4.69) is 5.32 Å². The largest absolute Gasteiger partial charge is 0.508 e. The Labute approximate surface area is 105 Å². The highest BCUT2D eigenvalue weighted by Gasteiger charge is 2.13. The van der Waals surface area contributed by atoms with E-state index in [4.69, 9.17) is 5.11 Å². The van der Waals surface area contributed by atoms with E-state index in [9.17, 15) is 14.7 Å². The first-order valence-corrected chi connectivity index (χ1v) is 5.72. The van der Waals surface area contributed by atoms with Gasteiger partial charge in [0.15, 0.2) is 0 Å². The Kier molecular flexibility index (Phi) is 4.71. The number of phenols is 1. The summed E-state index contributed by atoms with van der Waals surface area (Å²) in [5.41, 5.74) is 1.16. The van der Waals surface area contributed by atoms with E-state index >= 15 is 0 Å². The summed E-state index contributed by atoms with van der Waals surface area (Å²) in [6.45, 7) is 3.49. The number of nitrogens with one attached hydrogen (secondary N) is 1. The van der Waals surface area contributed by atoms with E-state index in [1.807, 2.05) is 0 Å². The van der Waals surface area contributed by atoms with E-state index < -0.39 is 5.97 Å². The number of rotatable bonds is 5. The molecule has 0 heterocycles. The fourth-order valence-corrected chi connectivity index (χ4v) is 1.62. The highest BCUT2D eigenvalue weighted by Crippen LogP contribution is 2.15. The van der Waals surface area contributed by atoms with Crippen LogP contribution in [0.25, 0.3) is 0 Å². The molecule has 98 valence electrons. The normalized spacial score (nSPS) is 11.9. The maximum Gasteiger partial charge on any atom is 0.303 e. The second-order valence-corrected chi connectivity index (χ2v) is 4.31. The molecule has 0 saturated carbocycles. The van der Waals surface area contributed by atoms with Crippen LogP contribution in [0.2, 0.25) is 0 Å². The topological polar surface area (TPSA) is 86.6 Å². The fourth-order valence-electron chi connectivity index (χ4n) is 1.62. The SMILES string of the molecule is Cc1cc(O)ccc1C(=O)NC(C)CCC(=O)O. The summed E-state index contributed by atoms with van der Waals surface area (Å²) in [6.07, 6.45) is 0.411. The summed E-state index contributed by atoms with van der Waals surface area (Å²) in [4.78, 5) is 22.3. The zero-order chi connectivity index (χ0) is 13.7. The van der Waals surface area contributed by atoms with Crippen LogP contribution in [0.15, 0.2) is 18.2 Å². The molecule has 0 bridgehead atoms. The van der Waals surface area contributed by atoms with Gasteiger partial charge in [-0.2, -0.15) is 0 Å². The minimum Gasteiger partial charge on any atom is -0.508 e. The standard InChI is InChI=1S/C13H17NO4/c1-8-7-10(15)4-5-11(8)13(18)14-9(2)3-6-12(16)17/h4-5,7,9,15H,3,6H2,1-2H3,(H,14,18)(H,16,17). The lowest BCUT2D eigenvalue weighted by molar-refractivity contribution is -0.137. The van der Waals surface area contributed by atoms with Crippen molar-refractivity contribution in [3.8, 4) is 5.75 Å². The van der Waals surface area contributed by atoms with Gasteiger partial charge in [0, 0.05) is 18.0 Å². The second kappa shape index (κ2) is 6.05. The van der Waals surface area contributed by atoms with Crippen LogP contribution < -0.4 is 5.32 Å². The first-order chi connectivity index (χ1) is 8.40. The highest BCUT2D eigenvalue weighted by atomic mass is 16.4. The molecular formula is C13H17NO4. The molecule has 1 atom stereocenters. The number of benzene rings is 1. The van der Waals surface area contributed by atoms with Gasteiger partial charge in [0.1, 0.15) is 5.75 Å². The Morgan fingerprint density at radius 1 is 1.39 bits per heavy atom. The molecule has 1 amide bonds. The molecule has 1 rings (SSSR count). The van der Waals surface area contributed by atoms with Crippen LogP contribution >= 0.6 is 0 Å². The zero-order valence-electron chi connectivity index (χ0n) is 10.4. The molecule has 0 aliphatic rings. The number of aliphatic carboxylic acids is 1. The summed E-state index contributed by atoms with van der Waals surface area (Å²) in [5, 5.41) is 20.5. The number of carbonyl (C=O) groups excluding carboxylic acids is 1. The van der Waals surface area contributed by atoms with E-state index in [0.717, 1.165) is 0 Å². The predicted molar refractivity (Wildman–Crippen MR) is 66.6 cm³/mol. The predicted octanol–water partition coefficient (Wildman–Crippen LogP) is 1.68. The summed E-state index contributed by atoms with van der Waals surface area (Å²) in [5.74, 6) is -1.02. The average Bonchev–Trinajstić information content (AvgIpc) is 2.26. The van der Waals surface area contributed by atoms with E-state index in [0.29, 0.717) is 17.5 Å². The molecular weight excluding hydrogens is 234 g/mol. The zero-order valence-corrected chi connectivity index (χ0v) is 10.4. The van der Waals surface area contributed by atoms with Gasteiger partial charge in [-0.1, -0.05) is 0 Å². The maximum absolute atomic E-state index is 11.9. The first-order valence-electron chi connectivity index (χ1n) is 5.72. The first kappa shape index (κ1) is 14.0. The van der Waals surface area contributed by atoms with Crippen LogP contribution in [-0.4, -0.2) is 28.1 Å². The maximum atomic E-state index is 11.9. The smallest absolute Gasteiger partial charge is 0.303 e. The number of hydrogen-bond donors (Lipinski definition) is 3. The molecule has 0 fully saturated rings. The molecule has 18 heavy (non-hydrogen) atoms. The summed E-state index contributed by atoms with van der Waals surface area (Å²) in [6, 6.07) is 4.30. The number of carbonyl (C=O) groups is 2. The molecule has 1 aromatic carbocycles. The minimum atomic E-state index is -0.878. The van der Waals surface area contributed by atoms with Crippen molar-refractivity contribution in [2.24, 2.45) is 0 Å². The number of carboxylic acid groups (broad SMARTS) is 1. The van der Waals surface area contributed by atoms with Gasteiger partial charge in [-0.05, 0) is 44.0 Å². The number of aromatic hydroxyl groups is 1. The Morgan fingerprint density at radius 2 is 2.06 bits per heavy atom. The van der Waals surface area contributed by atoms with Crippen molar-refractivity contribution in [3.05, 3.63) is 29.3 Å². The summed E-state index contributed by atoms with van der Waals surface area (Å²) < 4.78 is 0. The number of amides is 1. The van der Waals surface area contributed by atoms with Crippen molar-refractivity contribution in [3.63, 3.8) is 0 Å². The third kappa shape index (κ3) is 4.08. The van der Waals surface area contributed by atoms with E-state index in [1.54, 1.807) is 19.9 Å². The Bertz CT molecular complexity index is 456. The molecule has 3 N–H and O–H groups in total. The van der Waals surface area contributed by atoms with Crippen LogP contribution in [0.4, 0.5) is 0 Å². The van der Waals surface area contributed by atoms with Crippen molar-refractivity contribution in [1.29, 1.82) is 0 Å². The molecule has 0 spiro atoms. The van der Waals surface area contributed by atoms with Gasteiger partial charge in [0.05, 0.1) is 0 Å². The highest BCUT2D eigenvalue weighted by molar-refractivity contribution is 5.95. The third-order valence-corrected chi connectivity index (χ3v) is 2.62. The van der Waals surface area contributed by atoms with Crippen LogP contribution in [0.1, 0.15) is 35.7 Å². The molecule has 0 radical (unpaired) electrons.